The number of alkyl halides is 1. The van der Waals surface area contributed by atoms with Gasteiger partial charge in [-0.25, -0.2) is 14.4 Å². The molecule has 5 rings (SSSR count). The lowest BCUT2D eigenvalue weighted by atomic mass is 9.92. The first kappa shape index (κ1) is 18.6. The van der Waals surface area contributed by atoms with E-state index in [1.54, 1.807) is 6.33 Å². The van der Waals surface area contributed by atoms with Crippen molar-refractivity contribution in [2.75, 3.05) is 18.5 Å². The van der Waals surface area contributed by atoms with E-state index in [0.717, 1.165) is 41.0 Å². The molecule has 3 heterocycles. The lowest BCUT2D eigenvalue weighted by molar-refractivity contribution is -0.0538. The van der Waals surface area contributed by atoms with Crippen LogP contribution in [-0.2, 0) is 9.47 Å². The second-order valence-corrected chi connectivity index (χ2v) is 8.80. The highest BCUT2D eigenvalue weighted by Gasteiger charge is 2.35. The van der Waals surface area contributed by atoms with Gasteiger partial charge in [-0.1, -0.05) is 12.2 Å². The van der Waals surface area contributed by atoms with Crippen LogP contribution in [0.15, 0.2) is 35.9 Å². The van der Waals surface area contributed by atoms with Crippen molar-refractivity contribution in [1.29, 1.82) is 0 Å². The van der Waals surface area contributed by atoms with Gasteiger partial charge in [0.25, 0.3) is 0 Å². The SMILES string of the molecule is CC(C)(F)COC1COC2=C(C=CCC2)C1Nc1ncnc2[nH]c(C3CC3)cc12.[HH]. The number of halogens is 1. The third-order valence-electron chi connectivity index (χ3n) is 5.68. The van der Waals surface area contributed by atoms with Crippen molar-refractivity contribution in [3.63, 3.8) is 0 Å². The molecule has 2 aromatic heterocycles. The molecule has 0 bridgehead atoms. The number of rotatable bonds is 6. The number of aromatic nitrogens is 3. The Labute approximate surface area is 171 Å². The van der Waals surface area contributed by atoms with Crippen molar-refractivity contribution in [2.24, 2.45) is 0 Å². The molecule has 6 nitrogen and oxygen atoms in total. The Morgan fingerprint density at radius 3 is 3.03 bits per heavy atom. The Morgan fingerprint density at radius 1 is 1.38 bits per heavy atom. The molecule has 1 saturated carbocycles. The third-order valence-corrected chi connectivity index (χ3v) is 5.68. The number of hydrogen-bond donors (Lipinski definition) is 2. The monoisotopic (exact) mass is 400 g/mol. The second kappa shape index (κ2) is 7.13. The van der Waals surface area contributed by atoms with Crippen LogP contribution in [-0.4, -0.2) is 46.0 Å². The van der Waals surface area contributed by atoms with Gasteiger partial charge in [0.15, 0.2) is 0 Å². The summed E-state index contributed by atoms with van der Waals surface area (Å²) < 4.78 is 26.0. The number of anilines is 1. The Kier molecular flexibility index (Phi) is 4.57. The van der Waals surface area contributed by atoms with Crippen molar-refractivity contribution in [1.82, 2.24) is 15.0 Å². The van der Waals surface area contributed by atoms with E-state index in [0.29, 0.717) is 12.5 Å². The molecule has 2 N–H and O–H groups in total. The highest BCUT2D eigenvalue weighted by atomic mass is 19.1. The number of hydrogen-bond acceptors (Lipinski definition) is 5. The van der Waals surface area contributed by atoms with Crippen LogP contribution in [0, 0.1) is 0 Å². The summed E-state index contributed by atoms with van der Waals surface area (Å²) in [4.78, 5) is 12.3. The Balaban J connectivity index is 0.00000218. The molecular weight excluding hydrogens is 371 g/mol. The van der Waals surface area contributed by atoms with Gasteiger partial charge in [0, 0.05) is 19.1 Å². The van der Waals surface area contributed by atoms with Gasteiger partial charge >= 0.3 is 0 Å². The van der Waals surface area contributed by atoms with E-state index in [-0.39, 0.29) is 20.2 Å². The first-order chi connectivity index (χ1) is 14.0. The molecule has 156 valence electrons. The van der Waals surface area contributed by atoms with Crippen molar-refractivity contribution in [3.05, 3.63) is 41.6 Å². The molecule has 7 heteroatoms. The maximum Gasteiger partial charge on any atom is 0.143 e. The van der Waals surface area contributed by atoms with Gasteiger partial charge < -0.3 is 19.8 Å². The summed E-state index contributed by atoms with van der Waals surface area (Å²) in [5.74, 6) is 2.37. The molecule has 2 unspecified atom stereocenters. The fraction of sp³-hybridized carbons (Fsp3) is 0.545. The fourth-order valence-electron chi connectivity index (χ4n) is 4.03. The molecular formula is C22H29FN4O2. The van der Waals surface area contributed by atoms with Crippen molar-refractivity contribution < 1.29 is 15.3 Å². The maximum atomic E-state index is 14.1. The summed E-state index contributed by atoms with van der Waals surface area (Å²) in [6.45, 7) is 3.46. The van der Waals surface area contributed by atoms with E-state index in [1.807, 2.05) is 0 Å². The highest BCUT2D eigenvalue weighted by Crippen LogP contribution is 2.41. The number of ether oxygens (including phenoxy) is 2. The fourth-order valence-corrected chi connectivity index (χ4v) is 4.03. The number of fused-ring (bicyclic) bond motifs is 1. The molecule has 2 aromatic rings. The van der Waals surface area contributed by atoms with E-state index >= 15 is 0 Å². The summed E-state index contributed by atoms with van der Waals surface area (Å²) in [5.41, 5.74) is 1.73. The van der Waals surface area contributed by atoms with Gasteiger partial charge in [-0.3, -0.25) is 0 Å². The van der Waals surface area contributed by atoms with Crippen molar-refractivity contribution in [3.8, 4) is 0 Å². The predicted octanol–water partition coefficient (Wildman–Crippen LogP) is 4.63. The molecule has 0 spiro atoms. The molecule has 0 aromatic carbocycles. The first-order valence-corrected chi connectivity index (χ1v) is 10.4. The number of aromatic amines is 1. The number of nitrogens with one attached hydrogen (secondary N) is 2. The van der Waals surface area contributed by atoms with Gasteiger partial charge in [0.2, 0.25) is 0 Å². The van der Waals surface area contributed by atoms with E-state index in [1.165, 1.54) is 32.4 Å². The molecule has 0 radical (unpaired) electrons. The topological polar surface area (TPSA) is 72.1 Å². The Bertz CT molecular complexity index is 977. The lowest BCUT2D eigenvalue weighted by Gasteiger charge is -2.37. The summed E-state index contributed by atoms with van der Waals surface area (Å²) in [6, 6.07) is 2.00. The van der Waals surface area contributed by atoms with E-state index < -0.39 is 5.67 Å². The van der Waals surface area contributed by atoms with Gasteiger partial charge in [-0.05, 0) is 45.1 Å². The van der Waals surface area contributed by atoms with Gasteiger partial charge in [-0.2, -0.15) is 0 Å². The van der Waals surface area contributed by atoms with Crippen LogP contribution in [0.4, 0.5) is 10.2 Å². The number of nitrogens with zero attached hydrogens (tertiary/aromatic N) is 2. The van der Waals surface area contributed by atoms with Crippen molar-refractivity contribution in [2.45, 2.75) is 63.3 Å². The highest BCUT2D eigenvalue weighted by molar-refractivity contribution is 5.88. The largest absolute Gasteiger partial charge is 0.495 e. The van der Waals surface area contributed by atoms with Gasteiger partial charge in [0.1, 0.15) is 41.9 Å². The Morgan fingerprint density at radius 2 is 2.24 bits per heavy atom. The molecule has 0 amide bonds. The third kappa shape index (κ3) is 3.88. The zero-order chi connectivity index (χ0) is 20.0. The molecule has 0 saturated heterocycles. The van der Waals surface area contributed by atoms with Gasteiger partial charge in [-0.15, -0.1) is 0 Å². The normalized spacial score (nSPS) is 24.5. The molecule has 3 aliphatic rings. The van der Waals surface area contributed by atoms with Crippen LogP contribution in [0.1, 0.15) is 52.6 Å². The summed E-state index contributed by atoms with van der Waals surface area (Å²) in [7, 11) is 0. The van der Waals surface area contributed by atoms with Crippen molar-refractivity contribution >= 4 is 16.9 Å². The molecule has 1 fully saturated rings. The van der Waals surface area contributed by atoms with Crippen LogP contribution in [0.3, 0.4) is 0 Å². The summed E-state index contributed by atoms with van der Waals surface area (Å²) in [6.07, 6.45) is 9.79. The van der Waals surface area contributed by atoms with Gasteiger partial charge in [0.05, 0.1) is 18.0 Å². The van der Waals surface area contributed by atoms with E-state index in [2.05, 4.69) is 38.5 Å². The summed E-state index contributed by atoms with van der Waals surface area (Å²) >= 11 is 0. The average molecular weight is 400 g/mol. The minimum Gasteiger partial charge on any atom is -0.495 e. The van der Waals surface area contributed by atoms with Crippen LogP contribution in [0.25, 0.3) is 11.0 Å². The van der Waals surface area contributed by atoms with E-state index in [9.17, 15) is 4.39 Å². The Hall–Kier alpha value is -2.41. The number of allylic oxidation sites excluding steroid dienone is 2. The van der Waals surface area contributed by atoms with Crippen LogP contribution in [0.5, 0.6) is 0 Å². The average Bonchev–Trinajstić information content (AvgIpc) is 3.45. The molecule has 2 atom stereocenters. The van der Waals surface area contributed by atoms with Crippen LogP contribution in [0.2, 0.25) is 0 Å². The summed E-state index contributed by atoms with van der Waals surface area (Å²) in [5, 5.41) is 4.55. The smallest absolute Gasteiger partial charge is 0.143 e. The maximum absolute atomic E-state index is 14.1. The van der Waals surface area contributed by atoms with Crippen LogP contribution < -0.4 is 5.32 Å². The quantitative estimate of drug-likeness (QED) is 0.740. The molecule has 1 aliphatic heterocycles. The zero-order valence-electron chi connectivity index (χ0n) is 16.9. The molecule has 2 aliphatic carbocycles. The standard InChI is InChI=1S/C22H27FN4O2.H2/c1-22(2,23)11-29-18-10-28-17-6-4-3-5-14(17)19(18)27-21-15-9-16(13-7-8-13)26-20(15)24-12-25-21;/h3,5,9,12-13,18-19H,4,6-8,10-11H2,1-2H3,(H2,24,25,26,27);1H. The minimum absolute atomic E-state index is 0. The predicted molar refractivity (Wildman–Crippen MR) is 112 cm³/mol. The first-order valence-electron chi connectivity index (χ1n) is 10.4. The van der Waals surface area contributed by atoms with Crippen LogP contribution >= 0.6 is 0 Å². The second-order valence-electron chi connectivity index (χ2n) is 8.80. The zero-order valence-corrected chi connectivity index (χ0v) is 16.9. The number of H-pyrrole nitrogens is 1. The van der Waals surface area contributed by atoms with E-state index in [4.69, 9.17) is 9.47 Å². The molecule has 29 heavy (non-hydrogen) atoms. The minimum atomic E-state index is -1.40. The lowest BCUT2D eigenvalue weighted by Crippen LogP contribution is -2.46.